The maximum atomic E-state index is 11.8. The van der Waals surface area contributed by atoms with Crippen LogP contribution < -0.4 is 0 Å². The van der Waals surface area contributed by atoms with Gasteiger partial charge < -0.3 is 14.5 Å². The number of nitrogens with zero attached hydrogens (tertiary/aromatic N) is 1. The molecule has 2 aromatic rings. The lowest BCUT2D eigenvalue weighted by Crippen LogP contribution is -2.06. The third kappa shape index (κ3) is 2.99. The van der Waals surface area contributed by atoms with Gasteiger partial charge in [-0.1, -0.05) is 13.3 Å². The molecule has 0 aliphatic rings. The minimum absolute atomic E-state index is 0.287. The molecule has 5 nitrogen and oxygen atoms in total. The summed E-state index contributed by atoms with van der Waals surface area (Å²) in [4.78, 5) is 19.0. The Bertz CT molecular complexity index is 617. The highest BCUT2D eigenvalue weighted by atomic mass is 16.5. The zero-order valence-corrected chi connectivity index (χ0v) is 11.7. The second-order valence-corrected chi connectivity index (χ2v) is 4.34. The monoisotopic (exact) mass is 274 g/mol. The molecule has 106 valence electrons. The van der Waals surface area contributed by atoms with E-state index in [-0.39, 0.29) is 5.69 Å². The van der Waals surface area contributed by atoms with Crippen LogP contribution in [0.1, 0.15) is 35.8 Å². The highest BCUT2D eigenvalue weighted by Gasteiger charge is 2.15. The number of hydrogen-bond donors (Lipinski definition) is 1. The number of carbonyl (C=O) groups is 1. The molecule has 0 bridgehead atoms. The average Bonchev–Trinajstić information content (AvgIpc) is 2.95. The molecule has 0 saturated heterocycles. The molecule has 1 N–H and O–H groups in total. The maximum Gasteiger partial charge on any atom is 0.357 e. The van der Waals surface area contributed by atoms with E-state index in [4.69, 9.17) is 9.47 Å². The molecule has 5 heteroatoms. The van der Waals surface area contributed by atoms with E-state index < -0.39 is 5.97 Å². The molecule has 2 rings (SSSR count). The van der Waals surface area contributed by atoms with E-state index >= 15 is 0 Å². The van der Waals surface area contributed by atoms with Crippen LogP contribution in [0.5, 0.6) is 0 Å². The number of pyridine rings is 1. The number of fused-ring (bicyclic) bond motifs is 1. The second kappa shape index (κ2) is 6.75. The Kier molecular flexibility index (Phi) is 4.76. The van der Waals surface area contributed by atoms with Crippen LogP contribution in [0.4, 0.5) is 0 Å². The zero-order valence-electron chi connectivity index (χ0n) is 11.7. The van der Waals surface area contributed by atoms with Crippen molar-refractivity contribution in [2.45, 2.75) is 19.8 Å². The van der Waals surface area contributed by atoms with Gasteiger partial charge in [-0.25, -0.2) is 9.78 Å². The van der Waals surface area contributed by atoms with E-state index in [1.807, 2.05) is 12.3 Å². The summed E-state index contributed by atoms with van der Waals surface area (Å²) in [5, 5.41) is 0.913. The van der Waals surface area contributed by atoms with Crippen LogP contribution in [0, 0.1) is 0 Å². The molecular formula is C15H18N2O3. The zero-order chi connectivity index (χ0) is 14.4. The van der Waals surface area contributed by atoms with Crippen molar-refractivity contribution in [3.8, 4) is 0 Å². The van der Waals surface area contributed by atoms with Crippen molar-refractivity contribution < 1.29 is 14.3 Å². The van der Waals surface area contributed by atoms with Crippen LogP contribution in [0.3, 0.4) is 0 Å². The Morgan fingerprint density at radius 3 is 3.10 bits per heavy atom. The van der Waals surface area contributed by atoms with Crippen molar-refractivity contribution in [2.75, 3.05) is 13.7 Å². The summed E-state index contributed by atoms with van der Waals surface area (Å²) in [7, 11) is 1.34. The molecule has 20 heavy (non-hydrogen) atoms. The summed E-state index contributed by atoms with van der Waals surface area (Å²) in [5.74, 6) is -0.457. The first-order valence-corrected chi connectivity index (χ1v) is 6.60. The fraction of sp³-hybridized carbons (Fsp3) is 0.333. The summed E-state index contributed by atoms with van der Waals surface area (Å²) in [6.07, 6.45) is 8.87. The minimum Gasteiger partial charge on any atom is -0.501 e. The van der Waals surface area contributed by atoms with Crippen LogP contribution in [0.15, 0.2) is 24.7 Å². The van der Waals surface area contributed by atoms with E-state index in [0.29, 0.717) is 12.2 Å². The Balaban J connectivity index is 2.32. The van der Waals surface area contributed by atoms with Crippen LogP contribution in [-0.4, -0.2) is 29.7 Å². The number of ether oxygens (including phenoxy) is 2. The van der Waals surface area contributed by atoms with E-state index in [1.54, 1.807) is 18.5 Å². The second-order valence-electron chi connectivity index (χ2n) is 4.34. The molecule has 0 spiro atoms. The third-order valence-electron chi connectivity index (χ3n) is 2.97. The standard InChI is InChI=1S/C15H18N2O3/c1-3-4-8-20-9-6-12-11-5-7-16-13(11)10-17-14(12)15(18)19-2/h5-7,9-10,16H,3-4,8H2,1-2H3. The molecule has 2 aromatic heterocycles. The minimum atomic E-state index is -0.457. The fourth-order valence-corrected chi connectivity index (χ4v) is 1.89. The van der Waals surface area contributed by atoms with Crippen molar-refractivity contribution >= 4 is 22.9 Å². The van der Waals surface area contributed by atoms with Gasteiger partial charge in [-0.15, -0.1) is 0 Å². The van der Waals surface area contributed by atoms with Gasteiger partial charge in [0, 0.05) is 17.1 Å². The summed E-state index contributed by atoms with van der Waals surface area (Å²) in [5.41, 5.74) is 1.85. The van der Waals surface area contributed by atoms with Crippen LogP contribution in [0.2, 0.25) is 0 Å². The third-order valence-corrected chi connectivity index (χ3v) is 2.97. The topological polar surface area (TPSA) is 64.2 Å². The van der Waals surface area contributed by atoms with Gasteiger partial charge in [-0.2, -0.15) is 0 Å². The van der Waals surface area contributed by atoms with Gasteiger partial charge in [-0.3, -0.25) is 0 Å². The molecule has 0 amide bonds. The Labute approximate surface area is 117 Å². The van der Waals surface area contributed by atoms with Crippen molar-refractivity contribution in [3.05, 3.63) is 36.0 Å². The van der Waals surface area contributed by atoms with Crippen molar-refractivity contribution in [1.82, 2.24) is 9.97 Å². The average molecular weight is 274 g/mol. The Morgan fingerprint density at radius 2 is 2.35 bits per heavy atom. The predicted octanol–water partition coefficient (Wildman–Crippen LogP) is 3.14. The van der Waals surface area contributed by atoms with Crippen LogP contribution in [-0.2, 0) is 9.47 Å². The maximum absolute atomic E-state index is 11.8. The number of aromatic nitrogens is 2. The molecule has 0 atom stereocenters. The normalized spacial score (nSPS) is 11.1. The SMILES string of the molecule is CCCCOC=Cc1c(C(=O)OC)ncc2[nH]ccc12. The van der Waals surface area contributed by atoms with E-state index in [2.05, 4.69) is 16.9 Å². The first kappa shape index (κ1) is 14.1. The molecule has 0 aliphatic carbocycles. The molecular weight excluding hydrogens is 256 g/mol. The molecule has 0 unspecified atom stereocenters. The summed E-state index contributed by atoms with van der Waals surface area (Å²) in [6.45, 7) is 2.77. The van der Waals surface area contributed by atoms with Crippen molar-refractivity contribution in [1.29, 1.82) is 0 Å². The number of rotatable bonds is 6. The number of hydrogen-bond acceptors (Lipinski definition) is 4. The summed E-state index contributed by atoms with van der Waals surface area (Å²) < 4.78 is 10.2. The van der Waals surface area contributed by atoms with Crippen LogP contribution in [0.25, 0.3) is 17.0 Å². The fourth-order valence-electron chi connectivity index (χ4n) is 1.89. The van der Waals surface area contributed by atoms with Gasteiger partial charge in [0.1, 0.15) is 0 Å². The van der Waals surface area contributed by atoms with Crippen molar-refractivity contribution in [3.63, 3.8) is 0 Å². The number of unbranched alkanes of at least 4 members (excludes halogenated alkanes) is 1. The van der Waals surface area contributed by atoms with Gasteiger partial charge in [0.05, 0.1) is 31.7 Å². The van der Waals surface area contributed by atoms with E-state index in [0.717, 1.165) is 23.7 Å². The van der Waals surface area contributed by atoms with Gasteiger partial charge >= 0.3 is 5.97 Å². The number of nitrogens with one attached hydrogen (secondary N) is 1. The van der Waals surface area contributed by atoms with Gasteiger partial charge in [-0.05, 0) is 18.6 Å². The highest BCUT2D eigenvalue weighted by molar-refractivity contribution is 5.99. The lowest BCUT2D eigenvalue weighted by Gasteiger charge is -2.05. The number of aromatic amines is 1. The predicted molar refractivity (Wildman–Crippen MR) is 77.3 cm³/mol. The lowest BCUT2D eigenvalue weighted by atomic mass is 10.1. The number of methoxy groups -OCH3 is 1. The molecule has 2 heterocycles. The quantitative estimate of drug-likeness (QED) is 0.499. The molecule has 0 aliphatic heterocycles. The number of H-pyrrole nitrogens is 1. The molecule has 0 radical (unpaired) electrons. The summed E-state index contributed by atoms with van der Waals surface area (Å²) >= 11 is 0. The lowest BCUT2D eigenvalue weighted by molar-refractivity contribution is 0.0594. The molecule has 0 saturated carbocycles. The van der Waals surface area contributed by atoms with Crippen LogP contribution >= 0.6 is 0 Å². The Hall–Kier alpha value is -2.30. The largest absolute Gasteiger partial charge is 0.501 e. The Morgan fingerprint density at radius 1 is 1.50 bits per heavy atom. The van der Waals surface area contributed by atoms with Gasteiger partial charge in [0.2, 0.25) is 0 Å². The van der Waals surface area contributed by atoms with E-state index in [1.165, 1.54) is 7.11 Å². The number of esters is 1. The van der Waals surface area contributed by atoms with E-state index in [9.17, 15) is 4.79 Å². The molecule has 0 aromatic carbocycles. The smallest absolute Gasteiger partial charge is 0.357 e. The summed E-state index contributed by atoms with van der Waals surface area (Å²) in [6, 6.07) is 1.90. The van der Waals surface area contributed by atoms with Crippen molar-refractivity contribution in [2.24, 2.45) is 0 Å². The molecule has 0 fully saturated rings. The first-order chi connectivity index (χ1) is 9.77. The first-order valence-electron chi connectivity index (χ1n) is 6.60. The van der Waals surface area contributed by atoms with Gasteiger partial charge in [0.25, 0.3) is 0 Å². The van der Waals surface area contributed by atoms with Gasteiger partial charge in [0.15, 0.2) is 5.69 Å². The highest BCUT2D eigenvalue weighted by Crippen LogP contribution is 2.22. The number of carbonyl (C=O) groups excluding carboxylic acids is 1.